The van der Waals surface area contributed by atoms with Gasteiger partial charge >= 0.3 is 5.97 Å². The summed E-state index contributed by atoms with van der Waals surface area (Å²) in [5.74, 6) is -2.05. The quantitative estimate of drug-likeness (QED) is 0.344. The summed E-state index contributed by atoms with van der Waals surface area (Å²) in [4.78, 5) is 17.4. The summed E-state index contributed by atoms with van der Waals surface area (Å²) in [7, 11) is 1.27. The first-order valence-corrected chi connectivity index (χ1v) is 12.3. The minimum absolute atomic E-state index is 0.0184. The van der Waals surface area contributed by atoms with Crippen molar-refractivity contribution < 1.29 is 44.5 Å². The van der Waals surface area contributed by atoms with Crippen LogP contribution >= 0.6 is 11.6 Å². The fraction of sp³-hybridized carbons (Fsp3) is 0.480. The predicted molar refractivity (Wildman–Crippen MR) is 131 cm³/mol. The number of hydrogen-bond donors (Lipinski definition) is 5. The Morgan fingerprint density at radius 1 is 1.05 bits per heavy atom. The molecule has 0 amide bonds. The van der Waals surface area contributed by atoms with Crippen molar-refractivity contribution in [3.8, 4) is 17.2 Å². The summed E-state index contributed by atoms with van der Waals surface area (Å²) in [6.07, 6.45) is -6.76. The molecule has 200 valence electrons. The molecule has 5 N–H and O–H groups in total. The van der Waals surface area contributed by atoms with Crippen LogP contribution in [-0.4, -0.2) is 101 Å². The molecule has 0 saturated carbocycles. The van der Waals surface area contributed by atoms with Crippen molar-refractivity contribution in [2.24, 2.45) is 0 Å². The zero-order valence-corrected chi connectivity index (χ0v) is 20.8. The number of carbonyl (C=O) groups excluding carboxylic acids is 1. The zero-order chi connectivity index (χ0) is 26.4. The molecule has 0 aromatic heterocycles. The average molecular weight is 537 g/mol. The van der Waals surface area contributed by atoms with Crippen molar-refractivity contribution in [1.29, 1.82) is 0 Å². The van der Waals surface area contributed by atoms with Gasteiger partial charge in [0.2, 0.25) is 5.75 Å². The van der Waals surface area contributed by atoms with E-state index in [2.05, 4.69) is 9.80 Å². The monoisotopic (exact) mass is 536 g/mol. The Morgan fingerprint density at radius 3 is 2.35 bits per heavy atom. The van der Waals surface area contributed by atoms with Crippen molar-refractivity contribution in [2.45, 2.75) is 37.1 Å². The van der Waals surface area contributed by atoms with Gasteiger partial charge in [-0.15, -0.1) is 0 Å². The minimum atomic E-state index is -1.56. The number of rotatable bonds is 5. The van der Waals surface area contributed by atoms with E-state index in [9.17, 15) is 30.3 Å². The van der Waals surface area contributed by atoms with Crippen LogP contribution in [0.3, 0.4) is 0 Å². The number of carbonyl (C=O) groups is 1. The molecule has 2 fully saturated rings. The standard InChI is InChI=1S/C25H29ClN2O9/c1-35-23-18(30)14(10-27-6-8-28(9-7-27)13-4-2-12(26)3-5-13)16-17(20(23)32)22-24(37-25(16)34)21(33)19(31)15(11-29)36-22/h2-5,15,19,21-22,24,29-33H,6-11H2,1H3/t15-,19-,21+,22-,24+/m1/s1. The third-order valence-corrected chi connectivity index (χ3v) is 7.54. The molecule has 2 aromatic carbocycles. The second kappa shape index (κ2) is 10.2. The number of nitrogens with zero attached hydrogens (tertiary/aromatic N) is 2. The summed E-state index contributed by atoms with van der Waals surface area (Å²) in [6.45, 7) is 2.18. The number of esters is 1. The molecule has 12 heteroatoms. The van der Waals surface area contributed by atoms with Crippen molar-refractivity contribution in [3.05, 3.63) is 46.0 Å². The molecule has 0 unspecified atom stereocenters. The Balaban J connectivity index is 1.46. The van der Waals surface area contributed by atoms with Crippen LogP contribution in [0.4, 0.5) is 5.69 Å². The van der Waals surface area contributed by atoms with E-state index in [0.717, 1.165) is 5.69 Å². The molecule has 3 aliphatic rings. The van der Waals surface area contributed by atoms with Gasteiger partial charge in [-0.2, -0.15) is 0 Å². The Kier molecular flexibility index (Phi) is 7.10. The maximum absolute atomic E-state index is 13.2. The van der Waals surface area contributed by atoms with E-state index in [1.807, 2.05) is 24.3 Å². The summed E-state index contributed by atoms with van der Waals surface area (Å²) >= 11 is 5.99. The maximum atomic E-state index is 13.2. The van der Waals surface area contributed by atoms with Gasteiger partial charge in [-0.25, -0.2) is 4.79 Å². The fourth-order valence-corrected chi connectivity index (χ4v) is 5.43. The number of methoxy groups -OCH3 is 1. The average Bonchev–Trinajstić information content (AvgIpc) is 2.90. The largest absolute Gasteiger partial charge is 0.504 e. The molecule has 5 atom stereocenters. The smallest absolute Gasteiger partial charge is 0.339 e. The number of phenols is 2. The molecule has 2 aromatic rings. The van der Waals surface area contributed by atoms with Crippen LogP contribution in [0.25, 0.3) is 0 Å². The third kappa shape index (κ3) is 4.45. The second-order valence-corrected chi connectivity index (χ2v) is 9.80. The predicted octanol–water partition coefficient (Wildman–Crippen LogP) is 0.775. The van der Waals surface area contributed by atoms with Gasteiger partial charge in [0.25, 0.3) is 0 Å². The van der Waals surface area contributed by atoms with Crippen LogP contribution in [0.5, 0.6) is 17.2 Å². The van der Waals surface area contributed by atoms with Gasteiger partial charge in [0, 0.05) is 54.6 Å². The molecule has 11 nitrogen and oxygen atoms in total. The van der Waals surface area contributed by atoms with Gasteiger partial charge in [0.05, 0.1) is 19.3 Å². The minimum Gasteiger partial charge on any atom is -0.504 e. The number of piperazine rings is 1. The van der Waals surface area contributed by atoms with Gasteiger partial charge in [0.1, 0.15) is 24.4 Å². The molecule has 0 spiro atoms. The van der Waals surface area contributed by atoms with E-state index in [1.54, 1.807) is 0 Å². The maximum Gasteiger partial charge on any atom is 0.339 e. The first-order chi connectivity index (χ1) is 17.7. The van der Waals surface area contributed by atoms with Crippen LogP contribution in [0, 0.1) is 0 Å². The number of aromatic hydroxyl groups is 2. The number of hydrogen-bond acceptors (Lipinski definition) is 11. The molecule has 3 aliphatic heterocycles. The normalized spacial score (nSPS) is 27.9. The highest BCUT2D eigenvalue weighted by Crippen LogP contribution is 2.52. The molecule has 0 bridgehead atoms. The SMILES string of the molecule is COc1c(O)c(CN2CCN(c3ccc(Cl)cc3)CC2)c2c(c1O)[C@H]1O[C@H](CO)[C@@H](O)[C@H](O)[C@@H]1OC2=O. The molecule has 0 radical (unpaired) electrons. The van der Waals surface area contributed by atoms with Crippen LogP contribution in [0.2, 0.25) is 5.02 Å². The Bertz CT molecular complexity index is 1170. The van der Waals surface area contributed by atoms with Gasteiger partial charge in [-0.3, -0.25) is 4.90 Å². The van der Waals surface area contributed by atoms with Crippen LogP contribution in [0.15, 0.2) is 24.3 Å². The number of benzene rings is 2. The van der Waals surface area contributed by atoms with E-state index in [0.29, 0.717) is 31.2 Å². The topological polar surface area (TPSA) is 152 Å². The number of anilines is 1. The molecular weight excluding hydrogens is 508 g/mol. The molecular formula is C25H29ClN2O9. The summed E-state index contributed by atoms with van der Waals surface area (Å²) in [5, 5.41) is 53.1. The van der Waals surface area contributed by atoms with Crippen LogP contribution in [-0.2, 0) is 16.0 Å². The number of aliphatic hydroxyl groups excluding tert-OH is 3. The second-order valence-electron chi connectivity index (χ2n) is 9.37. The number of aliphatic hydroxyl groups is 3. The lowest BCUT2D eigenvalue weighted by Crippen LogP contribution is -2.58. The Hall–Kier alpha value is -2.80. The lowest BCUT2D eigenvalue weighted by atomic mass is 9.84. The molecule has 3 heterocycles. The summed E-state index contributed by atoms with van der Waals surface area (Å²) in [6, 6.07) is 7.57. The Labute approximate surface area is 218 Å². The summed E-state index contributed by atoms with van der Waals surface area (Å²) < 4.78 is 16.5. The third-order valence-electron chi connectivity index (χ3n) is 7.29. The van der Waals surface area contributed by atoms with Gasteiger partial charge < -0.3 is 44.6 Å². The van der Waals surface area contributed by atoms with E-state index in [1.165, 1.54) is 7.11 Å². The van der Waals surface area contributed by atoms with Crippen molar-refractivity contribution in [3.63, 3.8) is 0 Å². The lowest BCUT2D eigenvalue weighted by molar-refractivity contribution is -0.235. The van der Waals surface area contributed by atoms with Crippen molar-refractivity contribution in [1.82, 2.24) is 4.90 Å². The highest BCUT2D eigenvalue weighted by molar-refractivity contribution is 6.30. The fourth-order valence-electron chi connectivity index (χ4n) is 5.30. The number of phenolic OH excluding ortho intramolecular Hbond substituents is 2. The van der Waals surface area contributed by atoms with E-state index in [-0.39, 0.29) is 29.0 Å². The summed E-state index contributed by atoms with van der Waals surface area (Å²) in [5.41, 5.74) is 1.13. The van der Waals surface area contributed by atoms with E-state index >= 15 is 0 Å². The lowest BCUT2D eigenvalue weighted by Gasteiger charge is -2.45. The van der Waals surface area contributed by atoms with Crippen molar-refractivity contribution in [2.75, 3.05) is 44.8 Å². The zero-order valence-electron chi connectivity index (χ0n) is 20.1. The molecule has 37 heavy (non-hydrogen) atoms. The highest BCUT2D eigenvalue weighted by Gasteiger charge is 2.53. The van der Waals surface area contributed by atoms with Gasteiger partial charge in [0.15, 0.2) is 17.6 Å². The number of ether oxygens (including phenoxy) is 3. The first-order valence-electron chi connectivity index (χ1n) is 12.0. The van der Waals surface area contributed by atoms with Crippen molar-refractivity contribution >= 4 is 23.3 Å². The number of fused-ring (bicyclic) bond motifs is 3. The highest BCUT2D eigenvalue weighted by atomic mass is 35.5. The molecule has 0 aliphatic carbocycles. The van der Waals surface area contributed by atoms with E-state index < -0.39 is 54.6 Å². The van der Waals surface area contributed by atoms with Crippen LogP contribution in [0.1, 0.15) is 27.6 Å². The first kappa shape index (κ1) is 25.8. The van der Waals surface area contributed by atoms with Gasteiger partial charge in [-0.05, 0) is 24.3 Å². The van der Waals surface area contributed by atoms with Gasteiger partial charge in [-0.1, -0.05) is 11.6 Å². The van der Waals surface area contributed by atoms with E-state index in [4.69, 9.17) is 25.8 Å². The molecule has 5 rings (SSSR count). The molecule has 2 saturated heterocycles. The number of halogens is 1. The van der Waals surface area contributed by atoms with Crippen LogP contribution < -0.4 is 9.64 Å². The Morgan fingerprint density at radius 2 is 1.73 bits per heavy atom.